The van der Waals surface area contributed by atoms with Gasteiger partial charge in [0.15, 0.2) is 0 Å². The molecule has 108 valence electrons. The molecule has 2 heteroatoms. The van der Waals surface area contributed by atoms with Crippen molar-refractivity contribution in [3.8, 4) is 0 Å². The fraction of sp³-hybridized carbons (Fsp3) is 0.667. The number of nitrogens with zero attached hydrogens (tertiary/aromatic N) is 1. The molecule has 2 nitrogen and oxygen atoms in total. The summed E-state index contributed by atoms with van der Waals surface area (Å²) in [5, 5.41) is 3.77. The SMILES string of the molecule is c1ccc(C(CNC2CC2)N(CC2CC2)C2CC2)cc1. The number of nitrogens with one attached hydrogen (secondary N) is 1. The van der Waals surface area contributed by atoms with E-state index in [1.807, 2.05) is 0 Å². The van der Waals surface area contributed by atoms with E-state index in [9.17, 15) is 0 Å². The quantitative estimate of drug-likeness (QED) is 0.779. The predicted octanol–water partition coefficient (Wildman–Crippen LogP) is 3.35. The number of rotatable bonds is 8. The lowest BCUT2D eigenvalue weighted by molar-refractivity contribution is 0.174. The van der Waals surface area contributed by atoms with Crippen molar-refractivity contribution in [1.82, 2.24) is 10.2 Å². The molecule has 3 aliphatic carbocycles. The Morgan fingerprint density at radius 1 is 1.00 bits per heavy atom. The van der Waals surface area contributed by atoms with Crippen LogP contribution in [-0.4, -0.2) is 30.1 Å². The van der Waals surface area contributed by atoms with E-state index in [4.69, 9.17) is 0 Å². The molecule has 3 saturated carbocycles. The highest BCUT2D eigenvalue weighted by molar-refractivity contribution is 5.20. The average Bonchev–Trinajstić information content (AvgIpc) is 3.33. The van der Waals surface area contributed by atoms with E-state index in [1.165, 1.54) is 50.6 Å². The lowest BCUT2D eigenvalue weighted by atomic mass is 10.0. The summed E-state index contributed by atoms with van der Waals surface area (Å²) < 4.78 is 0. The second kappa shape index (κ2) is 5.50. The molecule has 0 aromatic heterocycles. The van der Waals surface area contributed by atoms with E-state index >= 15 is 0 Å². The molecule has 3 aliphatic rings. The van der Waals surface area contributed by atoms with Crippen molar-refractivity contribution in [2.24, 2.45) is 5.92 Å². The highest BCUT2D eigenvalue weighted by Crippen LogP contribution is 2.39. The van der Waals surface area contributed by atoms with Crippen molar-refractivity contribution in [2.45, 2.75) is 56.7 Å². The molecule has 0 bridgehead atoms. The zero-order valence-electron chi connectivity index (χ0n) is 12.3. The smallest absolute Gasteiger partial charge is 0.0475 e. The van der Waals surface area contributed by atoms with Crippen molar-refractivity contribution in [2.75, 3.05) is 13.1 Å². The summed E-state index contributed by atoms with van der Waals surface area (Å²) >= 11 is 0. The largest absolute Gasteiger partial charge is 0.312 e. The molecule has 0 aliphatic heterocycles. The van der Waals surface area contributed by atoms with Gasteiger partial charge >= 0.3 is 0 Å². The van der Waals surface area contributed by atoms with E-state index in [-0.39, 0.29) is 0 Å². The van der Waals surface area contributed by atoms with Gasteiger partial charge in [-0.25, -0.2) is 0 Å². The van der Waals surface area contributed by atoms with E-state index in [1.54, 1.807) is 0 Å². The van der Waals surface area contributed by atoms with Gasteiger partial charge in [-0.1, -0.05) is 30.3 Å². The lowest BCUT2D eigenvalue weighted by Gasteiger charge is -2.33. The minimum atomic E-state index is 0.588. The van der Waals surface area contributed by atoms with Gasteiger partial charge in [0.1, 0.15) is 0 Å². The normalized spacial score (nSPS) is 24.1. The third-order valence-electron chi connectivity index (χ3n) is 4.94. The van der Waals surface area contributed by atoms with Gasteiger partial charge in [-0.3, -0.25) is 4.90 Å². The minimum absolute atomic E-state index is 0.588. The number of hydrogen-bond acceptors (Lipinski definition) is 2. The molecule has 1 aromatic rings. The van der Waals surface area contributed by atoms with Crippen LogP contribution in [0.5, 0.6) is 0 Å². The zero-order chi connectivity index (χ0) is 13.4. The molecule has 4 rings (SSSR count). The van der Waals surface area contributed by atoms with Gasteiger partial charge in [0, 0.05) is 31.2 Å². The summed E-state index contributed by atoms with van der Waals surface area (Å²) in [7, 11) is 0. The average molecular weight is 270 g/mol. The van der Waals surface area contributed by atoms with Crippen LogP contribution in [0.25, 0.3) is 0 Å². The predicted molar refractivity (Wildman–Crippen MR) is 82.7 cm³/mol. The molecular formula is C18H26N2. The molecule has 3 fully saturated rings. The van der Waals surface area contributed by atoms with Gasteiger partial charge in [-0.2, -0.15) is 0 Å². The highest BCUT2D eigenvalue weighted by Gasteiger charge is 2.38. The van der Waals surface area contributed by atoms with Crippen LogP contribution in [0.15, 0.2) is 30.3 Å². The van der Waals surface area contributed by atoms with Crippen molar-refractivity contribution in [3.05, 3.63) is 35.9 Å². The molecule has 1 aromatic carbocycles. The summed E-state index contributed by atoms with van der Waals surface area (Å²) in [6.07, 6.45) is 8.52. The molecule has 1 atom stereocenters. The Balaban J connectivity index is 1.50. The Labute approximate surface area is 122 Å². The Kier molecular flexibility index (Phi) is 3.53. The van der Waals surface area contributed by atoms with Crippen LogP contribution in [0.1, 0.15) is 50.1 Å². The monoisotopic (exact) mass is 270 g/mol. The summed E-state index contributed by atoms with van der Waals surface area (Å²) in [5.41, 5.74) is 1.51. The molecule has 0 radical (unpaired) electrons. The first kappa shape index (κ1) is 12.8. The summed E-state index contributed by atoms with van der Waals surface area (Å²) in [5.74, 6) is 0.989. The first-order valence-electron chi connectivity index (χ1n) is 8.44. The fourth-order valence-corrected chi connectivity index (χ4v) is 3.20. The molecule has 0 amide bonds. The van der Waals surface area contributed by atoms with Crippen molar-refractivity contribution in [3.63, 3.8) is 0 Å². The minimum Gasteiger partial charge on any atom is -0.312 e. The van der Waals surface area contributed by atoms with Crippen molar-refractivity contribution in [1.29, 1.82) is 0 Å². The fourth-order valence-electron chi connectivity index (χ4n) is 3.20. The van der Waals surface area contributed by atoms with E-state index < -0.39 is 0 Å². The van der Waals surface area contributed by atoms with E-state index in [2.05, 4.69) is 40.5 Å². The zero-order valence-corrected chi connectivity index (χ0v) is 12.3. The Bertz CT molecular complexity index is 432. The van der Waals surface area contributed by atoms with Crippen LogP contribution in [0.3, 0.4) is 0 Å². The van der Waals surface area contributed by atoms with Crippen molar-refractivity contribution >= 4 is 0 Å². The van der Waals surface area contributed by atoms with Gasteiger partial charge in [-0.15, -0.1) is 0 Å². The summed E-state index contributed by atoms with van der Waals surface area (Å²) in [6, 6.07) is 13.4. The van der Waals surface area contributed by atoms with Crippen LogP contribution in [-0.2, 0) is 0 Å². The molecular weight excluding hydrogens is 244 g/mol. The topological polar surface area (TPSA) is 15.3 Å². The number of benzene rings is 1. The summed E-state index contributed by atoms with van der Waals surface area (Å²) in [4.78, 5) is 2.82. The Morgan fingerprint density at radius 3 is 2.35 bits per heavy atom. The molecule has 1 unspecified atom stereocenters. The van der Waals surface area contributed by atoms with Crippen molar-refractivity contribution < 1.29 is 0 Å². The molecule has 20 heavy (non-hydrogen) atoms. The van der Waals surface area contributed by atoms with Gasteiger partial charge in [-0.05, 0) is 50.0 Å². The molecule has 1 N–H and O–H groups in total. The standard InChI is InChI=1S/C18H26N2/c1-2-4-15(5-3-1)18(12-19-16-8-9-16)20(17-10-11-17)13-14-6-7-14/h1-5,14,16-19H,6-13H2. The van der Waals surface area contributed by atoms with Crippen LogP contribution in [0.2, 0.25) is 0 Å². The maximum absolute atomic E-state index is 3.77. The highest BCUT2D eigenvalue weighted by atomic mass is 15.2. The third kappa shape index (κ3) is 3.24. The van der Waals surface area contributed by atoms with Gasteiger partial charge in [0.05, 0.1) is 0 Å². The van der Waals surface area contributed by atoms with E-state index in [0.717, 1.165) is 24.5 Å². The Morgan fingerprint density at radius 2 is 1.75 bits per heavy atom. The summed E-state index contributed by atoms with van der Waals surface area (Å²) in [6.45, 7) is 2.47. The maximum atomic E-state index is 3.77. The molecule has 0 spiro atoms. The van der Waals surface area contributed by atoms with Gasteiger partial charge in [0.2, 0.25) is 0 Å². The third-order valence-corrected chi connectivity index (χ3v) is 4.94. The van der Waals surface area contributed by atoms with Crippen LogP contribution in [0, 0.1) is 5.92 Å². The maximum Gasteiger partial charge on any atom is 0.0475 e. The second-order valence-corrected chi connectivity index (χ2v) is 6.98. The lowest BCUT2D eigenvalue weighted by Crippen LogP contribution is -2.39. The second-order valence-electron chi connectivity index (χ2n) is 6.98. The molecule has 0 saturated heterocycles. The van der Waals surface area contributed by atoms with Crippen LogP contribution < -0.4 is 5.32 Å². The van der Waals surface area contributed by atoms with Crippen LogP contribution >= 0.6 is 0 Å². The van der Waals surface area contributed by atoms with E-state index in [0.29, 0.717) is 6.04 Å². The van der Waals surface area contributed by atoms with Crippen LogP contribution in [0.4, 0.5) is 0 Å². The van der Waals surface area contributed by atoms with Gasteiger partial charge in [0.25, 0.3) is 0 Å². The Hall–Kier alpha value is -0.860. The number of hydrogen-bond donors (Lipinski definition) is 1. The molecule has 0 heterocycles. The first-order valence-corrected chi connectivity index (χ1v) is 8.44. The van der Waals surface area contributed by atoms with Gasteiger partial charge < -0.3 is 5.32 Å². The first-order chi connectivity index (χ1) is 9.90.